The number of aromatic nitrogens is 2. The van der Waals surface area contributed by atoms with Crippen molar-refractivity contribution in [1.29, 1.82) is 0 Å². The smallest absolute Gasteiger partial charge is 0.258 e. The molecule has 0 spiro atoms. The maximum atomic E-state index is 13.5. The fourth-order valence-corrected chi connectivity index (χ4v) is 1.63. The second-order valence-electron chi connectivity index (χ2n) is 5.75. The van der Waals surface area contributed by atoms with Crippen molar-refractivity contribution in [3.63, 3.8) is 0 Å². The molecule has 0 radical (unpaired) electrons. The Balaban J connectivity index is 2.10. The van der Waals surface area contributed by atoms with Gasteiger partial charge in [0.15, 0.2) is 0 Å². The minimum Gasteiger partial charge on any atom is -0.350 e. The molecule has 0 unspecified atom stereocenters. The van der Waals surface area contributed by atoms with Crippen molar-refractivity contribution in [2.24, 2.45) is 0 Å². The maximum Gasteiger partial charge on any atom is 0.258 e. The van der Waals surface area contributed by atoms with E-state index >= 15 is 0 Å². The van der Waals surface area contributed by atoms with Gasteiger partial charge in [-0.15, -0.1) is 0 Å². The van der Waals surface area contributed by atoms with Gasteiger partial charge in [0.05, 0.1) is 11.3 Å². The molecule has 0 atom stereocenters. The van der Waals surface area contributed by atoms with Crippen LogP contribution >= 0.6 is 0 Å². The van der Waals surface area contributed by atoms with E-state index in [1.54, 1.807) is 0 Å². The van der Waals surface area contributed by atoms with Gasteiger partial charge in [-0.1, -0.05) is 0 Å². The van der Waals surface area contributed by atoms with E-state index in [9.17, 15) is 13.6 Å². The number of amides is 1. The van der Waals surface area contributed by atoms with Crippen LogP contribution in [0.2, 0.25) is 0 Å². The van der Waals surface area contributed by atoms with Gasteiger partial charge in [0.25, 0.3) is 5.91 Å². The van der Waals surface area contributed by atoms with E-state index in [2.05, 4.69) is 20.6 Å². The van der Waals surface area contributed by atoms with Gasteiger partial charge in [-0.2, -0.15) is 0 Å². The highest BCUT2D eigenvalue weighted by molar-refractivity contribution is 6.03. The molecule has 1 aromatic heterocycles. The molecule has 22 heavy (non-hydrogen) atoms. The van der Waals surface area contributed by atoms with Crippen molar-refractivity contribution >= 4 is 17.5 Å². The lowest BCUT2D eigenvalue weighted by atomic mass is 10.1. The minimum atomic E-state index is -0.847. The van der Waals surface area contributed by atoms with Gasteiger partial charge in [-0.05, 0) is 32.9 Å². The van der Waals surface area contributed by atoms with Crippen LogP contribution in [-0.2, 0) is 0 Å². The summed E-state index contributed by atoms with van der Waals surface area (Å²) in [6.07, 6.45) is 2.66. The molecular weight excluding hydrogens is 290 g/mol. The molecule has 2 rings (SSSR count). The minimum absolute atomic E-state index is 0.108. The first-order chi connectivity index (χ1) is 10.2. The SMILES string of the molecule is CC(C)(C)Nc1ncc(C(=O)Nc2ccc(F)cc2F)cn1. The van der Waals surface area contributed by atoms with Gasteiger partial charge in [-0.3, -0.25) is 4.79 Å². The summed E-state index contributed by atoms with van der Waals surface area (Å²) in [6, 6.07) is 2.91. The third-order valence-corrected chi connectivity index (χ3v) is 2.58. The van der Waals surface area contributed by atoms with Crippen LogP contribution < -0.4 is 10.6 Å². The lowest BCUT2D eigenvalue weighted by Crippen LogP contribution is -2.27. The Hall–Kier alpha value is -2.57. The van der Waals surface area contributed by atoms with Crippen LogP contribution in [0.5, 0.6) is 0 Å². The summed E-state index contributed by atoms with van der Waals surface area (Å²) in [7, 11) is 0. The van der Waals surface area contributed by atoms with Crippen LogP contribution in [0.1, 0.15) is 31.1 Å². The topological polar surface area (TPSA) is 66.9 Å². The zero-order valence-electron chi connectivity index (χ0n) is 12.4. The number of carbonyl (C=O) groups excluding carboxylic acids is 1. The number of halogens is 2. The van der Waals surface area contributed by atoms with Gasteiger partial charge in [0.2, 0.25) is 5.95 Å². The molecule has 1 heterocycles. The molecule has 1 aromatic carbocycles. The summed E-state index contributed by atoms with van der Waals surface area (Å²) in [5.74, 6) is -1.75. The standard InChI is InChI=1S/C15H16F2N4O/c1-15(2,3)21-14-18-7-9(8-19-14)13(22)20-12-5-4-10(16)6-11(12)17/h4-8H,1-3H3,(H,20,22)(H,18,19,21). The lowest BCUT2D eigenvalue weighted by molar-refractivity contribution is 0.102. The molecule has 1 amide bonds. The van der Waals surface area contributed by atoms with E-state index in [0.29, 0.717) is 12.0 Å². The number of benzene rings is 1. The summed E-state index contributed by atoms with van der Waals surface area (Å²) in [4.78, 5) is 20.0. The highest BCUT2D eigenvalue weighted by Gasteiger charge is 2.13. The van der Waals surface area contributed by atoms with Crippen molar-refractivity contribution in [3.05, 3.63) is 47.8 Å². The second-order valence-corrected chi connectivity index (χ2v) is 5.75. The fourth-order valence-electron chi connectivity index (χ4n) is 1.63. The Morgan fingerprint density at radius 3 is 2.32 bits per heavy atom. The molecule has 0 bridgehead atoms. The Bertz CT molecular complexity index is 681. The van der Waals surface area contributed by atoms with Crippen LogP contribution in [0, 0.1) is 11.6 Å². The summed E-state index contributed by atoms with van der Waals surface area (Å²) in [5.41, 5.74) is -0.146. The maximum absolute atomic E-state index is 13.5. The average Bonchev–Trinajstić information content (AvgIpc) is 2.41. The number of nitrogens with one attached hydrogen (secondary N) is 2. The van der Waals surface area contributed by atoms with Crippen LogP contribution in [0.4, 0.5) is 20.4 Å². The monoisotopic (exact) mass is 306 g/mol. The second kappa shape index (κ2) is 6.05. The number of hydrogen-bond acceptors (Lipinski definition) is 4. The van der Waals surface area contributed by atoms with Crippen LogP contribution in [0.3, 0.4) is 0 Å². The predicted octanol–water partition coefficient (Wildman–Crippen LogP) is 3.22. The molecule has 116 valence electrons. The Kier molecular flexibility index (Phi) is 4.35. The van der Waals surface area contributed by atoms with E-state index in [-0.39, 0.29) is 16.8 Å². The largest absolute Gasteiger partial charge is 0.350 e. The molecule has 5 nitrogen and oxygen atoms in total. The van der Waals surface area contributed by atoms with Gasteiger partial charge in [0.1, 0.15) is 11.6 Å². The predicted molar refractivity (Wildman–Crippen MR) is 79.7 cm³/mol. The zero-order chi connectivity index (χ0) is 16.3. The summed E-state index contributed by atoms with van der Waals surface area (Å²) >= 11 is 0. The van der Waals surface area contributed by atoms with Crippen molar-refractivity contribution in [1.82, 2.24) is 9.97 Å². The number of rotatable bonds is 3. The summed E-state index contributed by atoms with van der Waals surface area (Å²) < 4.78 is 26.3. The highest BCUT2D eigenvalue weighted by Crippen LogP contribution is 2.16. The van der Waals surface area contributed by atoms with Crippen LogP contribution in [0.15, 0.2) is 30.6 Å². The molecule has 0 aliphatic rings. The van der Waals surface area contributed by atoms with Gasteiger partial charge < -0.3 is 10.6 Å². The average molecular weight is 306 g/mol. The molecule has 7 heteroatoms. The Labute approximate surface area is 126 Å². The number of carbonyl (C=O) groups is 1. The van der Waals surface area contributed by atoms with Crippen LogP contribution in [-0.4, -0.2) is 21.4 Å². The zero-order valence-corrected chi connectivity index (χ0v) is 12.4. The molecule has 0 aliphatic heterocycles. The van der Waals surface area contributed by atoms with Crippen molar-refractivity contribution < 1.29 is 13.6 Å². The van der Waals surface area contributed by atoms with Crippen molar-refractivity contribution in [2.75, 3.05) is 10.6 Å². The Morgan fingerprint density at radius 1 is 1.14 bits per heavy atom. The number of nitrogens with zero attached hydrogens (tertiary/aromatic N) is 2. The van der Waals surface area contributed by atoms with Crippen LogP contribution in [0.25, 0.3) is 0 Å². The van der Waals surface area contributed by atoms with E-state index < -0.39 is 17.5 Å². The van der Waals surface area contributed by atoms with E-state index in [1.165, 1.54) is 12.4 Å². The molecule has 0 fully saturated rings. The first-order valence-corrected chi connectivity index (χ1v) is 6.61. The highest BCUT2D eigenvalue weighted by atomic mass is 19.1. The fraction of sp³-hybridized carbons (Fsp3) is 0.267. The molecule has 0 saturated carbocycles. The molecule has 2 aromatic rings. The van der Waals surface area contributed by atoms with E-state index in [0.717, 1.165) is 12.1 Å². The molecule has 0 aliphatic carbocycles. The summed E-state index contributed by atoms with van der Waals surface area (Å²) in [5, 5.41) is 5.40. The molecule has 0 saturated heterocycles. The number of anilines is 2. The number of hydrogen-bond donors (Lipinski definition) is 2. The normalized spacial score (nSPS) is 11.1. The van der Waals surface area contributed by atoms with E-state index in [4.69, 9.17) is 0 Å². The first kappa shape index (κ1) is 15.8. The molecular formula is C15H16F2N4O. The first-order valence-electron chi connectivity index (χ1n) is 6.61. The van der Waals surface area contributed by atoms with Gasteiger partial charge in [0, 0.05) is 24.0 Å². The summed E-state index contributed by atoms with van der Waals surface area (Å²) in [6.45, 7) is 5.86. The Morgan fingerprint density at radius 2 is 1.77 bits per heavy atom. The van der Waals surface area contributed by atoms with Gasteiger partial charge >= 0.3 is 0 Å². The van der Waals surface area contributed by atoms with E-state index in [1.807, 2.05) is 20.8 Å². The third-order valence-electron chi connectivity index (χ3n) is 2.58. The quantitative estimate of drug-likeness (QED) is 0.913. The lowest BCUT2D eigenvalue weighted by Gasteiger charge is -2.20. The molecule has 2 N–H and O–H groups in total. The van der Waals surface area contributed by atoms with Crippen molar-refractivity contribution in [2.45, 2.75) is 26.3 Å². The third kappa shape index (κ3) is 4.21. The van der Waals surface area contributed by atoms with Gasteiger partial charge in [-0.25, -0.2) is 18.7 Å². The van der Waals surface area contributed by atoms with Crippen molar-refractivity contribution in [3.8, 4) is 0 Å².